The molecule has 0 aromatic carbocycles. The van der Waals surface area contributed by atoms with Crippen molar-refractivity contribution in [2.24, 2.45) is 5.73 Å². The normalized spacial score (nSPS) is 18.2. The van der Waals surface area contributed by atoms with Crippen LogP contribution in [0.15, 0.2) is 0 Å². The van der Waals surface area contributed by atoms with Gasteiger partial charge in [0.25, 0.3) is 6.55 Å². The van der Waals surface area contributed by atoms with Gasteiger partial charge < -0.3 is 10.5 Å². The van der Waals surface area contributed by atoms with Crippen LogP contribution in [0.25, 0.3) is 0 Å². The number of hydrogen-bond acceptors (Lipinski definition) is 3. The van der Waals surface area contributed by atoms with Crippen LogP contribution in [-0.2, 0) is 4.74 Å². The Kier molecular flexibility index (Phi) is 4.19. The summed E-state index contributed by atoms with van der Waals surface area (Å²) < 4.78 is 27.9. The summed E-state index contributed by atoms with van der Waals surface area (Å²) in [4.78, 5) is 11.0. The predicted octanol–water partition coefficient (Wildman–Crippen LogP) is 0.410. The predicted molar refractivity (Wildman–Crippen MR) is 39.3 cm³/mol. The lowest BCUT2D eigenvalue weighted by atomic mass is 10.2. The van der Waals surface area contributed by atoms with Crippen LogP contribution < -0.4 is 5.73 Å². The van der Waals surface area contributed by atoms with Gasteiger partial charge in [0.2, 0.25) is 0 Å². The van der Waals surface area contributed by atoms with Gasteiger partial charge in [-0.3, -0.25) is 0 Å². The largest absolute Gasteiger partial charge is 0.444 e. The van der Waals surface area contributed by atoms with Crippen molar-refractivity contribution in [2.75, 3.05) is 13.1 Å². The van der Waals surface area contributed by atoms with Crippen molar-refractivity contribution in [3.8, 4) is 0 Å². The molecule has 1 amide bonds. The van der Waals surface area contributed by atoms with E-state index in [9.17, 15) is 13.6 Å². The quantitative estimate of drug-likeness (QED) is 0.660. The van der Waals surface area contributed by atoms with Crippen LogP contribution in [-0.4, -0.2) is 36.7 Å². The molecule has 1 saturated heterocycles. The first kappa shape index (κ1) is 11.4. The number of ether oxygens (including phenoxy) is 1. The number of halogens is 3. The SMILES string of the molecule is Cl.NC(=O)OC1CN(C(F)F)C1. The lowest BCUT2D eigenvalue weighted by Gasteiger charge is -2.36. The Bertz CT molecular complexity index is 164. The zero-order valence-electron chi connectivity index (χ0n) is 6.07. The fourth-order valence-corrected chi connectivity index (χ4v) is 0.868. The molecule has 0 radical (unpaired) electrons. The van der Waals surface area contributed by atoms with E-state index in [1.54, 1.807) is 0 Å². The molecule has 12 heavy (non-hydrogen) atoms. The number of amides is 1. The summed E-state index contributed by atoms with van der Waals surface area (Å²) in [7, 11) is 0. The van der Waals surface area contributed by atoms with Gasteiger partial charge in [-0.1, -0.05) is 0 Å². The molecule has 0 aromatic rings. The first-order valence-corrected chi connectivity index (χ1v) is 3.08. The maximum atomic E-state index is 11.7. The van der Waals surface area contributed by atoms with Crippen molar-refractivity contribution in [3.63, 3.8) is 0 Å². The molecule has 72 valence electrons. The number of rotatable bonds is 2. The molecule has 0 bridgehead atoms. The molecule has 1 fully saturated rings. The Morgan fingerprint density at radius 1 is 1.58 bits per heavy atom. The summed E-state index contributed by atoms with van der Waals surface area (Å²) in [5.74, 6) is 0. The van der Waals surface area contributed by atoms with E-state index in [4.69, 9.17) is 0 Å². The molecule has 0 unspecified atom stereocenters. The second-order valence-electron chi connectivity index (χ2n) is 2.29. The molecule has 4 nitrogen and oxygen atoms in total. The van der Waals surface area contributed by atoms with Crippen LogP contribution in [0.3, 0.4) is 0 Å². The van der Waals surface area contributed by atoms with E-state index < -0.39 is 18.7 Å². The number of likely N-dealkylation sites (tertiary alicyclic amines) is 1. The van der Waals surface area contributed by atoms with E-state index in [-0.39, 0.29) is 25.5 Å². The first-order chi connectivity index (χ1) is 5.09. The molecule has 1 aliphatic heterocycles. The summed E-state index contributed by atoms with van der Waals surface area (Å²) in [5.41, 5.74) is 4.66. The van der Waals surface area contributed by atoms with Gasteiger partial charge in [-0.05, 0) is 0 Å². The molecule has 0 saturated carbocycles. The third-order valence-corrected chi connectivity index (χ3v) is 1.44. The van der Waals surface area contributed by atoms with Gasteiger partial charge in [-0.15, -0.1) is 12.4 Å². The van der Waals surface area contributed by atoms with Crippen LogP contribution >= 0.6 is 12.4 Å². The summed E-state index contributed by atoms with van der Waals surface area (Å²) in [6.07, 6.45) is -1.37. The van der Waals surface area contributed by atoms with E-state index in [0.717, 1.165) is 4.90 Å². The summed E-state index contributed by atoms with van der Waals surface area (Å²) in [6.45, 7) is -2.33. The van der Waals surface area contributed by atoms with Crippen LogP contribution in [0.2, 0.25) is 0 Å². The van der Waals surface area contributed by atoms with Crippen LogP contribution in [0, 0.1) is 0 Å². The van der Waals surface area contributed by atoms with Gasteiger partial charge in [0.15, 0.2) is 0 Å². The Labute approximate surface area is 74.1 Å². The number of alkyl halides is 2. The van der Waals surface area contributed by atoms with E-state index >= 15 is 0 Å². The smallest absolute Gasteiger partial charge is 0.404 e. The van der Waals surface area contributed by atoms with Gasteiger partial charge in [0.1, 0.15) is 6.10 Å². The van der Waals surface area contributed by atoms with Crippen LogP contribution in [0.5, 0.6) is 0 Å². The minimum absolute atomic E-state index is 0. The average Bonchev–Trinajstić information content (AvgIpc) is 1.75. The zero-order chi connectivity index (χ0) is 8.43. The maximum absolute atomic E-state index is 11.7. The average molecular weight is 203 g/mol. The second-order valence-corrected chi connectivity index (χ2v) is 2.29. The van der Waals surface area contributed by atoms with Crippen molar-refractivity contribution < 1.29 is 18.3 Å². The molecule has 1 aliphatic rings. The van der Waals surface area contributed by atoms with Gasteiger partial charge in [0.05, 0.1) is 0 Å². The fourth-order valence-electron chi connectivity index (χ4n) is 0.868. The molecule has 0 spiro atoms. The third kappa shape index (κ3) is 2.78. The molecule has 1 rings (SSSR count). The summed E-state index contributed by atoms with van der Waals surface area (Å²) >= 11 is 0. The minimum atomic E-state index is -2.47. The Morgan fingerprint density at radius 2 is 2.08 bits per heavy atom. The number of nitrogens with two attached hydrogens (primary N) is 1. The van der Waals surface area contributed by atoms with Crippen molar-refractivity contribution in [3.05, 3.63) is 0 Å². The van der Waals surface area contributed by atoms with Gasteiger partial charge in [-0.2, -0.15) is 8.78 Å². The van der Waals surface area contributed by atoms with Crippen molar-refractivity contribution in [2.45, 2.75) is 12.7 Å². The number of carbonyl (C=O) groups excluding carboxylic acids is 1. The number of carbonyl (C=O) groups is 1. The Morgan fingerprint density at radius 3 is 2.42 bits per heavy atom. The highest BCUT2D eigenvalue weighted by molar-refractivity contribution is 5.85. The lowest BCUT2D eigenvalue weighted by Crippen LogP contribution is -2.55. The molecule has 1 heterocycles. The molecular weight excluding hydrogens is 194 g/mol. The monoisotopic (exact) mass is 202 g/mol. The first-order valence-electron chi connectivity index (χ1n) is 3.08. The second kappa shape index (κ2) is 4.42. The van der Waals surface area contributed by atoms with Gasteiger partial charge in [0, 0.05) is 13.1 Å². The summed E-state index contributed by atoms with van der Waals surface area (Å²) in [6, 6.07) is 0. The highest BCUT2D eigenvalue weighted by atomic mass is 35.5. The fraction of sp³-hybridized carbons (Fsp3) is 0.800. The zero-order valence-corrected chi connectivity index (χ0v) is 6.89. The van der Waals surface area contributed by atoms with Gasteiger partial charge in [-0.25, -0.2) is 9.69 Å². The molecule has 0 aliphatic carbocycles. The molecular formula is C5H9ClF2N2O2. The van der Waals surface area contributed by atoms with Crippen LogP contribution in [0.4, 0.5) is 13.6 Å². The molecule has 2 N–H and O–H groups in total. The summed E-state index contributed by atoms with van der Waals surface area (Å²) in [5, 5.41) is 0. The number of primary amides is 1. The van der Waals surface area contributed by atoms with Crippen molar-refractivity contribution in [1.82, 2.24) is 4.90 Å². The van der Waals surface area contributed by atoms with Crippen molar-refractivity contribution in [1.29, 1.82) is 0 Å². The van der Waals surface area contributed by atoms with Gasteiger partial charge >= 0.3 is 6.09 Å². The van der Waals surface area contributed by atoms with E-state index in [2.05, 4.69) is 10.5 Å². The standard InChI is InChI=1S/C5H8F2N2O2.ClH/c6-4(7)9-1-3(2-9)11-5(8)10;/h3-4H,1-2H2,(H2,8,10);1H. The lowest BCUT2D eigenvalue weighted by molar-refractivity contribution is -0.119. The minimum Gasteiger partial charge on any atom is -0.444 e. The molecule has 0 aromatic heterocycles. The maximum Gasteiger partial charge on any atom is 0.404 e. The van der Waals surface area contributed by atoms with Crippen molar-refractivity contribution >= 4 is 18.5 Å². The highest BCUT2D eigenvalue weighted by Gasteiger charge is 2.34. The topological polar surface area (TPSA) is 55.6 Å². The third-order valence-electron chi connectivity index (χ3n) is 1.44. The van der Waals surface area contributed by atoms with E-state index in [1.165, 1.54) is 0 Å². The Balaban J connectivity index is 0.00000121. The van der Waals surface area contributed by atoms with E-state index in [1.807, 2.05) is 0 Å². The Hall–Kier alpha value is -0.620. The number of nitrogens with zero attached hydrogens (tertiary/aromatic N) is 1. The highest BCUT2D eigenvalue weighted by Crippen LogP contribution is 2.16. The molecule has 7 heteroatoms. The van der Waals surface area contributed by atoms with Crippen LogP contribution in [0.1, 0.15) is 0 Å². The number of hydrogen-bond donors (Lipinski definition) is 1. The van der Waals surface area contributed by atoms with E-state index in [0.29, 0.717) is 0 Å². The molecule has 0 atom stereocenters.